The van der Waals surface area contributed by atoms with E-state index < -0.39 is 0 Å². The number of nitrogens with one attached hydrogen (secondary N) is 1. The largest absolute Gasteiger partial charge is 0.488 e. The monoisotopic (exact) mass is 276 g/mol. The summed E-state index contributed by atoms with van der Waals surface area (Å²) in [5.74, 6) is 1.61. The van der Waals surface area contributed by atoms with Gasteiger partial charge in [-0.2, -0.15) is 0 Å². The molecule has 0 unspecified atom stereocenters. The van der Waals surface area contributed by atoms with Gasteiger partial charge in [0.1, 0.15) is 12.4 Å². The van der Waals surface area contributed by atoms with Crippen LogP contribution in [0.25, 0.3) is 0 Å². The number of thiazole rings is 1. The van der Waals surface area contributed by atoms with Gasteiger partial charge in [-0.05, 0) is 18.5 Å². The van der Waals surface area contributed by atoms with Gasteiger partial charge in [0.05, 0.1) is 10.4 Å². The van der Waals surface area contributed by atoms with Gasteiger partial charge in [-0.1, -0.05) is 32.0 Å². The Labute approximate surface area is 118 Å². The van der Waals surface area contributed by atoms with Crippen LogP contribution in [0.3, 0.4) is 0 Å². The average molecular weight is 276 g/mol. The van der Waals surface area contributed by atoms with Crippen LogP contribution in [0.5, 0.6) is 5.75 Å². The van der Waals surface area contributed by atoms with Crippen LogP contribution in [0.1, 0.15) is 24.3 Å². The maximum absolute atomic E-state index is 5.87. The van der Waals surface area contributed by atoms with Crippen LogP contribution in [-0.4, -0.2) is 11.5 Å². The van der Waals surface area contributed by atoms with Crippen LogP contribution < -0.4 is 10.1 Å². The van der Waals surface area contributed by atoms with Crippen molar-refractivity contribution in [2.24, 2.45) is 5.92 Å². The molecule has 0 amide bonds. The van der Waals surface area contributed by atoms with Crippen LogP contribution in [0, 0.1) is 5.92 Å². The summed E-state index contributed by atoms with van der Waals surface area (Å²) in [4.78, 5) is 5.20. The van der Waals surface area contributed by atoms with Gasteiger partial charge in [0.15, 0.2) is 0 Å². The molecule has 4 heteroatoms. The molecule has 19 heavy (non-hydrogen) atoms. The van der Waals surface area contributed by atoms with Crippen LogP contribution in [0.15, 0.2) is 36.0 Å². The maximum atomic E-state index is 5.87. The molecular weight excluding hydrogens is 256 g/mol. The molecule has 2 aromatic rings. The van der Waals surface area contributed by atoms with Crippen LogP contribution >= 0.6 is 11.3 Å². The van der Waals surface area contributed by atoms with Gasteiger partial charge in [-0.15, -0.1) is 11.3 Å². The SMILES string of the molecule is CC(C)CNCc1ccccc1OCc1cncs1. The zero-order valence-electron chi connectivity index (χ0n) is 11.4. The molecule has 1 aromatic carbocycles. The van der Waals surface area contributed by atoms with E-state index in [4.69, 9.17) is 4.74 Å². The number of rotatable bonds is 7. The number of aromatic nitrogens is 1. The van der Waals surface area contributed by atoms with Crippen molar-refractivity contribution in [3.05, 3.63) is 46.4 Å². The van der Waals surface area contributed by atoms with E-state index >= 15 is 0 Å². The van der Waals surface area contributed by atoms with E-state index in [1.54, 1.807) is 11.3 Å². The maximum Gasteiger partial charge on any atom is 0.124 e. The summed E-state index contributed by atoms with van der Waals surface area (Å²) < 4.78 is 5.87. The summed E-state index contributed by atoms with van der Waals surface area (Å²) in [5.41, 5.74) is 3.03. The van der Waals surface area contributed by atoms with Gasteiger partial charge in [0, 0.05) is 18.3 Å². The van der Waals surface area contributed by atoms with Gasteiger partial charge in [0.25, 0.3) is 0 Å². The smallest absolute Gasteiger partial charge is 0.124 e. The van der Waals surface area contributed by atoms with Crippen molar-refractivity contribution in [2.45, 2.75) is 27.0 Å². The minimum atomic E-state index is 0.589. The topological polar surface area (TPSA) is 34.1 Å². The van der Waals surface area contributed by atoms with Crippen molar-refractivity contribution >= 4 is 11.3 Å². The fourth-order valence-electron chi connectivity index (χ4n) is 1.75. The molecule has 102 valence electrons. The Balaban J connectivity index is 1.92. The first-order valence-corrected chi connectivity index (χ1v) is 7.42. The Morgan fingerprint density at radius 2 is 2.16 bits per heavy atom. The lowest BCUT2D eigenvalue weighted by atomic mass is 10.2. The Bertz CT molecular complexity index is 483. The fraction of sp³-hybridized carbons (Fsp3) is 0.400. The molecule has 0 radical (unpaired) electrons. The van der Waals surface area contributed by atoms with Crippen molar-refractivity contribution in [3.63, 3.8) is 0 Å². The van der Waals surface area contributed by atoms with Crippen LogP contribution in [-0.2, 0) is 13.2 Å². The standard InChI is InChI=1S/C15H20N2OS/c1-12(2)7-16-8-13-5-3-4-6-15(13)18-10-14-9-17-11-19-14/h3-6,9,11-12,16H,7-8,10H2,1-2H3. The van der Waals surface area contributed by atoms with E-state index in [2.05, 4.69) is 30.2 Å². The summed E-state index contributed by atoms with van der Waals surface area (Å²) in [6.45, 7) is 6.87. The van der Waals surface area contributed by atoms with Gasteiger partial charge in [-0.25, -0.2) is 0 Å². The second-order valence-electron chi connectivity index (χ2n) is 4.89. The van der Waals surface area contributed by atoms with Crippen molar-refractivity contribution in [3.8, 4) is 5.75 Å². The minimum Gasteiger partial charge on any atom is -0.488 e. The van der Waals surface area contributed by atoms with Gasteiger partial charge < -0.3 is 10.1 Å². The highest BCUT2D eigenvalue weighted by Crippen LogP contribution is 2.20. The quantitative estimate of drug-likeness (QED) is 0.841. The second-order valence-corrected chi connectivity index (χ2v) is 5.86. The molecule has 0 fully saturated rings. The molecule has 0 atom stereocenters. The Kier molecular flexibility index (Phi) is 5.36. The summed E-state index contributed by atoms with van der Waals surface area (Å²) in [7, 11) is 0. The van der Waals surface area contributed by atoms with E-state index in [1.165, 1.54) is 5.56 Å². The van der Waals surface area contributed by atoms with Crippen molar-refractivity contribution in [1.29, 1.82) is 0 Å². The Hall–Kier alpha value is -1.39. The predicted molar refractivity (Wildman–Crippen MR) is 79.4 cm³/mol. The molecule has 0 spiro atoms. The number of ether oxygens (including phenoxy) is 1. The van der Waals surface area contributed by atoms with Crippen molar-refractivity contribution in [1.82, 2.24) is 10.3 Å². The van der Waals surface area contributed by atoms with Crippen molar-refractivity contribution in [2.75, 3.05) is 6.54 Å². The number of benzene rings is 1. The second kappa shape index (κ2) is 7.26. The zero-order valence-corrected chi connectivity index (χ0v) is 12.2. The number of para-hydroxylation sites is 1. The molecule has 1 N–H and O–H groups in total. The molecule has 0 aliphatic rings. The van der Waals surface area contributed by atoms with Crippen LogP contribution in [0.4, 0.5) is 0 Å². The third-order valence-corrected chi connectivity index (χ3v) is 3.45. The lowest BCUT2D eigenvalue weighted by molar-refractivity contribution is 0.305. The number of hydrogen-bond acceptors (Lipinski definition) is 4. The van der Waals surface area contributed by atoms with Crippen molar-refractivity contribution < 1.29 is 4.74 Å². The third kappa shape index (κ3) is 4.65. The van der Waals surface area contributed by atoms with E-state index in [-0.39, 0.29) is 0 Å². The van der Waals surface area contributed by atoms with Gasteiger partial charge in [0.2, 0.25) is 0 Å². The van der Waals surface area contributed by atoms with Gasteiger partial charge >= 0.3 is 0 Å². The summed E-state index contributed by atoms with van der Waals surface area (Å²) >= 11 is 1.62. The molecule has 0 bridgehead atoms. The molecular formula is C15H20N2OS. The van der Waals surface area contributed by atoms with E-state index in [0.717, 1.165) is 23.7 Å². The van der Waals surface area contributed by atoms with E-state index in [9.17, 15) is 0 Å². The molecule has 0 aliphatic carbocycles. The predicted octanol–water partition coefficient (Wildman–Crippen LogP) is 3.47. The number of hydrogen-bond donors (Lipinski definition) is 1. The van der Waals surface area contributed by atoms with Crippen LogP contribution in [0.2, 0.25) is 0 Å². The fourth-order valence-corrected chi connectivity index (χ4v) is 2.25. The summed E-state index contributed by atoms with van der Waals surface area (Å²) in [6.07, 6.45) is 1.85. The molecule has 3 nitrogen and oxygen atoms in total. The first kappa shape index (κ1) is 14.0. The molecule has 1 aromatic heterocycles. The normalized spacial score (nSPS) is 10.9. The van der Waals surface area contributed by atoms with Gasteiger partial charge in [-0.3, -0.25) is 4.98 Å². The average Bonchev–Trinajstić information content (AvgIpc) is 2.90. The summed E-state index contributed by atoms with van der Waals surface area (Å²) in [5, 5.41) is 3.44. The minimum absolute atomic E-state index is 0.589. The highest BCUT2D eigenvalue weighted by atomic mass is 32.1. The first-order chi connectivity index (χ1) is 9.25. The highest BCUT2D eigenvalue weighted by Gasteiger charge is 2.04. The highest BCUT2D eigenvalue weighted by molar-refractivity contribution is 7.09. The Morgan fingerprint density at radius 3 is 2.89 bits per heavy atom. The zero-order chi connectivity index (χ0) is 13.5. The molecule has 0 aliphatic heterocycles. The number of nitrogens with zero attached hydrogens (tertiary/aromatic N) is 1. The Morgan fingerprint density at radius 1 is 1.32 bits per heavy atom. The first-order valence-electron chi connectivity index (χ1n) is 6.54. The molecule has 1 heterocycles. The lowest BCUT2D eigenvalue weighted by Crippen LogP contribution is -2.19. The summed E-state index contributed by atoms with van der Waals surface area (Å²) in [6, 6.07) is 8.18. The molecule has 0 saturated carbocycles. The van der Waals surface area contributed by atoms with E-state index in [1.807, 2.05) is 29.9 Å². The molecule has 2 rings (SSSR count). The lowest BCUT2D eigenvalue weighted by Gasteiger charge is -2.12. The van der Waals surface area contributed by atoms with E-state index in [0.29, 0.717) is 12.5 Å². The third-order valence-electron chi connectivity index (χ3n) is 2.69. The molecule has 0 saturated heterocycles.